The smallest absolute Gasteiger partial charge is 0.261 e. The van der Waals surface area contributed by atoms with E-state index >= 15 is 0 Å². The zero-order chi connectivity index (χ0) is 19.3. The van der Waals surface area contributed by atoms with Gasteiger partial charge in [0.05, 0.1) is 10.6 Å². The van der Waals surface area contributed by atoms with E-state index in [1.54, 1.807) is 24.0 Å². The number of nitrogens with one attached hydrogen (secondary N) is 1. The molecule has 2 aromatic rings. The molecule has 1 unspecified atom stereocenters. The highest BCUT2D eigenvalue weighted by Gasteiger charge is 2.39. The first-order valence-electron chi connectivity index (χ1n) is 9.01. The summed E-state index contributed by atoms with van der Waals surface area (Å²) < 4.78 is 41.3. The van der Waals surface area contributed by atoms with Gasteiger partial charge in [0.15, 0.2) is 0 Å². The van der Waals surface area contributed by atoms with Crippen molar-refractivity contribution < 1.29 is 17.6 Å². The van der Waals surface area contributed by atoms with Gasteiger partial charge in [-0.05, 0) is 80.6 Å². The predicted molar refractivity (Wildman–Crippen MR) is 102 cm³/mol. The minimum atomic E-state index is -3.81. The highest BCUT2D eigenvalue weighted by molar-refractivity contribution is 7.92. The largest absolute Gasteiger partial charge is 0.309 e. The van der Waals surface area contributed by atoms with Crippen LogP contribution in [0.1, 0.15) is 30.9 Å². The van der Waals surface area contributed by atoms with Crippen LogP contribution < -0.4 is 9.62 Å². The third-order valence-corrected chi connectivity index (χ3v) is 6.54. The van der Waals surface area contributed by atoms with Gasteiger partial charge in [-0.3, -0.25) is 9.52 Å². The Morgan fingerprint density at radius 1 is 1.19 bits per heavy atom. The normalized spacial score (nSPS) is 19.1. The van der Waals surface area contributed by atoms with Crippen molar-refractivity contribution in [2.24, 2.45) is 5.92 Å². The molecule has 0 bridgehead atoms. The van der Waals surface area contributed by atoms with Crippen molar-refractivity contribution in [3.8, 4) is 0 Å². The minimum absolute atomic E-state index is 0.0263. The lowest BCUT2D eigenvalue weighted by atomic mass is 10.1. The second-order valence-electron chi connectivity index (χ2n) is 7.39. The van der Waals surface area contributed by atoms with Gasteiger partial charge in [-0.15, -0.1) is 0 Å². The van der Waals surface area contributed by atoms with Crippen LogP contribution >= 0.6 is 0 Å². The molecule has 1 fully saturated rings. The van der Waals surface area contributed by atoms with Gasteiger partial charge in [0, 0.05) is 17.6 Å². The van der Waals surface area contributed by atoms with E-state index in [-0.39, 0.29) is 22.8 Å². The zero-order valence-electron chi connectivity index (χ0n) is 15.2. The Hall–Kier alpha value is -2.41. The van der Waals surface area contributed by atoms with Gasteiger partial charge in [-0.1, -0.05) is 0 Å². The van der Waals surface area contributed by atoms with E-state index in [4.69, 9.17) is 0 Å². The molecule has 1 amide bonds. The van der Waals surface area contributed by atoms with Crippen LogP contribution in [-0.2, 0) is 21.2 Å². The van der Waals surface area contributed by atoms with Crippen LogP contribution in [0, 0.1) is 18.7 Å². The first-order chi connectivity index (χ1) is 12.8. The summed E-state index contributed by atoms with van der Waals surface area (Å²) in [5, 5.41) is 0. The van der Waals surface area contributed by atoms with Gasteiger partial charge in [-0.2, -0.15) is 0 Å². The molecular weight excluding hydrogens is 367 g/mol. The number of rotatable bonds is 4. The summed E-state index contributed by atoms with van der Waals surface area (Å²) in [6.07, 6.45) is 2.50. The molecule has 1 atom stereocenters. The van der Waals surface area contributed by atoms with Gasteiger partial charge >= 0.3 is 0 Å². The number of nitrogens with zero attached hydrogens (tertiary/aromatic N) is 1. The number of benzene rings is 2. The van der Waals surface area contributed by atoms with Gasteiger partial charge in [0.1, 0.15) is 5.82 Å². The van der Waals surface area contributed by atoms with Crippen molar-refractivity contribution in [3.05, 3.63) is 53.3 Å². The predicted octanol–water partition coefficient (Wildman–Crippen LogP) is 3.62. The molecule has 2 aromatic carbocycles. The summed E-state index contributed by atoms with van der Waals surface area (Å²) >= 11 is 0. The first kappa shape index (κ1) is 18.0. The number of aryl methyl sites for hydroxylation is 1. The van der Waals surface area contributed by atoms with Crippen molar-refractivity contribution in [2.45, 2.75) is 44.0 Å². The maximum Gasteiger partial charge on any atom is 0.261 e. The number of anilines is 2. The highest BCUT2D eigenvalue weighted by Crippen LogP contribution is 2.39. The fourth-order valence-electron chi connectivity index (χ4n) is 3.58. The third-order valence-electron chi connectivity index (χ3n) is 5.17. The highest BCUT2D eigenvalue weighted by atomic mass is 32.2. The second-order valence-corrected chi connectivity index (χ2v) is 9.07. The summed E-state index contributed by atoms with van der Waals surface area (Å²) in [6.45, 7) is 3.63. The molecule has 1 aliphatic heterocycles. The summed E-state index contributed by atoms with van der Waals surface area (Å²) in [4.78, 5) is 14.5. The van der Waals surface area contributed by atoms with Crippen LogP contribution in [0.5, 0.6) is 0 Å². The topological polar surface area (TPSA) is 66.5 Å². The number of sulfonamides is 1. The fraction of sp³-hybridized carbons (Fsp3) is 0.350. The standard InChI is InChI=1S/C20H21FN2O3S/c1-12-9-16(21)5-7-18(12)22-27(25,26)17-6-8-19-15(11-17)10-13(2)23(19)20(24)14-3-4-14/h5-9,11,13-14,22H,3-4,10H2,1-2H3. The average molecular weight is 388 g/mol. The van der Waals surface area contributed by atoms with Crippen molar-refractivity contribution in [1.29, 1.82) is 0 Å². The molecule has 1 heterocycles. The summed E-state index contributed by atoms with van der Waals surface area (Å²) in [7, 11) is -3.81. The van der Waals surface area contributed by atoms with Gasteiger partial charge in [-0.25, -0.2) is 12.8 Å². The molecule has 142 valence electrons. The molecule has 0 radical (unpaired) electrons. The first-order valence-corrected chi connectivity index (χ1v) is 10.5. The molecule has 7 heteroatoms. The molecule has 1 saturated carbocycles. The Bertz CT molecular complexity index is 1030. The number of hydrogen-bond acceptors (Lipinski definition) is 3. The van der Waals surface area contributed by atoms with Crippen LogP contribution in [-0.4, -0.2) is 20.4 Å². The molecule has 4 rings (SSSR count). The van der Waals surface area contributed by atoms with E-state index < -0.39 is 15.8 Å². The Morgan fingerprint density at radius 2 is 1.93 bits per heavy atom. The molecule has 0 saturated heterocycles. The Labute approximate surface area is 158 Å². The average Bonchev–Trinajstić information content (AvgIpc) is 3.39. The van der Waals surface area contributed by atoms with E-state index in [0.717, 1.165) is 24.1 Å². The number of carbonyl (C=O) groups is 1. The summed E-state index contributed by atoms with van der Waals surface area (Å²) in [6, 6.07) is 8.80. The third kappa shape index (κ3) is 3.32. The van der Waals surface area contributed by atoms with Crippen molar-refractivity contribution in [2.75, 3.05) is 9.62 Å². The van der Waals surface area contributed by atoms with Crippen molar-refractivity contribution >= 4 is 27.3 Å². The van der Waals surface area contributed by atoms with Crippen LogP contribution in [0.15, 0.2) is 41.3 Å². The molecule has 0 aromatic heterocycles. The van der Waals surface area contributed by atoms with Crippen LogP contribution in [0.3, 0.4) is 0 Å². The summed E-state index contributed by atoms with van der Waals surface area (Å²) in [5.41, 5.74) is 2.51. The summed E-state index contributed by atoms with van der Waals surface area (Å²) in [5.74, 6) is -0.163. The quantitative estimate of drug-likeness (QED) is 0.870. The van der Waals surface area contributed by atoms with E-state index in [1.165, 1.54) is 24.3 Å². The number of fused-ring (bicyclic) bond motifs is 1. The minimum Gasteiger partial charge on any atom is -0.309 e. The van der Waals surface area contributed by atoms with Gasteiger partial charge in [0.25, 0.3) is 10.0 Å². The number of amides is 1. The van der Waals surface area contributed by atoms with Crippen molar-refractivity contribution in [3.63, 3.8) is 0 Å². The van der Waals surface area contributed by atoms with Crippen LogP contribution in [0.2, 0.25) is 0 Å². The Balaban J connectivity index is 1.63. The lowest BCUT2D eigenvalue weighted by Crippen LogP contribution is -2.36. The molecule has 1 aliphatic carbocycles. The van der Waals surface area contributed by atoms with E-state index in [0.29, 0.717) is 17.7 Å². The molecule has 0 spiro atoms. The number of carbonyl (C=O) groups excluding carboxylic acids is 1. The molecular formula is C20H21FN2O3S. The molecule has 2 aliphatic rings. The molecule has 1 N–H and O–H groups in total. The van der Waals surface area contributed by atoms with E-state index in [2.05, 4.69) is 4.72 Å². The SMILES string of the molecule is Cc1cc(F)ccc1NS(=O)(=O)c1ccc2c(c1)CC(C)N2C(=O)C1CC1. The van der Waals surface area contributed by atoms with Gasteiger partial charge in [0.2, 0.25) is 5.91 Å². The zero-order valence-corrected chi connectivity index (χ0v) is 16.0. The Morgan fingerprint density at radius 3 is 2.59 bits per heavy atom. The van der Waals surface area contributed by atoms with E-state index in [1.807, 2.05) is 6.92 Å². The number of hydrogen-bond donors (Lipinski definition) is 1. The number of halogens is 1. The monoisotopic (exact) mass is 388 g/mol. The van der Waals surface area contributed by atoms with Crippen LogP contribution in [0.25, 0.3) is 0 Å². The Kier molecular flexibility index (Phi) is 4.22. The van der Waals surface area contributed by atoms with Gasteiger partial charge < -0.3 is 4.90 Å². The second kappa shape index (κ2) is 6.34. The maximum atomic E-state index is 13.2. The van der Waals surface area contributed by atoms with Crippen LogP contribution in [0.4, 0.5) is 15.8 Å². The maximum absolute atomic E-state index is 13.2. The van der Waals surface area contributed by atoms with Crippen molar-refractivity contribution in [1.82, 2.24) is 0 Å². The lowest BCUT2D eigenvalue weighted by molar-refractivity contribution is -0.120. The lowest BCUT2D eigenvalue weighted by Gasteiger charge is -2.22. The molecule has 27 heavy (non-hydrogen) atoms. The fourth-order valence-corrected chi connectivity index (χ4v) is 4.76. The molecule has 5 nitrogen and oxygen atoms in total. The van der Waals surface area contributed by atoms with E-state index in [9.17, 15) is 17.6 Å².